The largest absolute Gasteiger partial charge is 0.295 e. The summed E-state index contributed by atoms with van der Waals surface area (Å²) in [7, 11) is 0. The molecular formula is C10H11NO. The molecule has 1 heterocycles. The van der Waals surface area contributed by atoms with Gasteiger partial charge in [0.2, 0.25) is 0 Å². The highest BCUT2D eigenvalue weighted by Crippen LogP contribution is 2.04. The number of carbonyl (C=O) groups is 1. The predicted octanol–water partition coefficient (Wildman–Crippen LogP) is 1.99. The molecule has 0 aromatic carbocycles. The first-order valence-corrected chi connectivity index (χ1v) is 3.80. The van der Waals surface area contributed by atoms with E-state index in [1.54, 1.807) is 12.3 Å². The Morgan fingerprint density at radius 1 is 1.58 bits per heavy atom. The monoisotopic (exact) mass is 161 g/mol. The molecule has 12 heavy (non-hydrogen) atoms. The molecule has 62 valence electrons. The van der Waals surface area contributed by atoms with Crippen molar-refractivity contribution >= 4 is 11.9 Å². The molecule has 2 nitrogen and oxygen atoms in total. The van der Waals surface area contributed by atoms with Gasteiger partial charge in [-0.25, -0.2) is 0 Å². The molecule has 0 radical (unpaired) electrons. The Hall–Kier alpha value is -1.44. The summed E-state index contributed by atoms with van der Waals surface area (Å²) in [5, 5.41) is 0. The van der Waals surface area contributed by atoms with Gasteiger partial charge < -0.3 is 0 Å². The highest BCUT2D eigenvalue weighted by atomic mass is 16.1. The Labute approximate surface area is 71.9 Å². The predicted molar refractivity (Wildman–Crippen MR) is 48.7 cm³/mol. The lowest BCUT2D eigenvalue weighted by Crippen LogP contribution is -1.86. The van der Waals surface area contributed by atoms with E-state index >= 15 is 0 Å². The summed E-state index contributed by atoms with van der Waals surface area (Å²) >= 11 is 0. The molecule has 0 saturated heterocycles. The summed E-state index contributed by atoms with van der Waals surface area (Å²) in [5.41, 5.74) is 1.93. The number of aromatic nitrogens is 1. The van der Waals surface area contributed by atoms with Gasteiger partial charge >= 0.3 is 0 Å². The molecule has 0 fully saturated rings. The van der Waals surface area contributed by atoms with Crippen molar-refractivity contribution < 1.29 is 4.79 Å². The second kappa shape index (κ2) is 3.81. The van der Waals surface area contributed by atoms with Gasteiger partial charge in [-0.2, -0.15) is 0 Å². The van der Waals surface area contributed by atoms with Crippen LogP contribution in [0.15, 0.2) is 24.4 Å². The Kier molecular flexibility index (Phi) is 2.75. The fourth-order valence-corrected chi connectivity index (χ4v) is 0.869. The third-order valence-electron chi connectivity index (χ3n) is 1.53. The average Bonchev–Trinajstić information content (AvgIpc) is 2.03. The lowest BCUT2D eigenvalue weighted by molar-refractivity contribution is -0.112. The number of hydrogen-bond donors (Lipinski definition) is 0. The minimum absolute atomic E-state index is 0.0417. The lowest BCUT2D eigenvalue weighted by Gasteiger charge is -1.95. The van der Waals surface area contributed by atoms with Gasteiger partial charge in [0.25, 0.3) is 0 Å². The van der Waals surface area contributed by atoms with Crippen LogP contribution < -0.4 is 0 Å². The molecule has 0 aliphatic carbocycles. The van der Waals surface area contributed by atoms with E-state index in [9.17, 15) is 4.79 Å². The number of ketones is 1. The summed E-state index contributed by atoms with van der Waals surface area (Å²) in [6, 6.07) is 3.84. The van der Waals surface area contributed by atoms with Crippen LogP contribution in [0.3, 0.4) is 0 Å². The van der Waals surface area contributed by atoms with Gasteiger partial charge in [0.1, 0.15) is 0 Å². The minimum atomic E-state index is 0.0417. The van der Waals surface area contributed by atoms with Crippen LogP contribution in [0.4, 0.5) is 0 Å². The zero-order valence-electron chi connectivity index (χ0n) is 7.24. The number of aryl methyl sites for hydroxylation is 1. The molecular weight excluding hydrogens is 150 g/mol. The summed E-state index contributed by atoms with van der Waals surface area (Å²) in [6.07, 6.45) is 4.97. The van der Waals surface area contributed by atoms with Crippen molar-refractivity contribution in [1.29, 1.82) is 0 Å². The van der Waals surface area contributed by atoms with Crippen LogP contribution in [-0.2, 0) is 4.79 Å². The van der Waals surface area contributed by atoms with E-state index in [1.807, 2.05) is 19.1 Å². The van der Waals surface area contributed by atoms with E-state index in [0.717, 1.165) is 11.3 Å². The first-order chi connectivity index (χ1) is 5.70. The summed E-state index contributed by atoms with van der Waals surface area (Å²) < 4.78 is 0. The molecule has 0 amide bonds. The Morgan fingerprint density at radius 2 is 2.33 bits per heavy atom. The lowest BCUT2D eigenvalue weighted by atomic mass is 10.2. The van der Waals surface area contributed by atoms with Crippen LogP contribution in [0.1, 0.15) is 18.2 Å². The second-order valence-electron chi connectivity index (χ2n) is 2.65. The number of carbonyl (C=O) groups excluding carboxylic acids is 1. The molecule has 2 heteroatoms. The van der Waals surface area contributed by atoms with Gasteiger partial charge in [0, 0.05) is 6.20 Å². The molecule has 0 unspecified atom stereocenters. The zero-order chi connectivity index (χ0) is 8.97. The SMILES string of the molecule is CC(=O)/C=C/c1ncccc1C. The van der Waals surface area contributed by atoms with E-state index in [4.69, 9.17) is 0 Å². The van der Waals surface area contributed by atoms with Crippen LogP contribution in [0.25, 0.3) is 6.08 Å². The third kappa shape index (κ3) is 2.31. The van der Waals surface area contributed by atoms with Crippen molar-refractivity contribution in [2.75, 3.05) is 0 Å². The van der Waals surface area contributed by atoms with Crippen LogP contribution >= 0.6 is 0 Å². The van der Waals surface area contributed by atoms with Gasteiger partial charge in [-0.1, -0.05) is 6.07 Å². The number of allylic oxidation sites excluding steroid dienone is 1. The van der Waals surface area contributed by atoms with E-state index in [2.05, 4.69) is 4.98 Å². The maximum atomic E-state index is 10.6. The van der Waals surface area contributed by atoms with Gasteiger partial charge in [0.05, 0.1) is 5.69 Å². The molecule has 0 atom stereocenters. The highest BCUT2D eigenvalue weighted by Gasteiger charge is 1.92. The first-order valence-electron chi connectivity index (χ1n) is 3.80. The van der Waals surface area contributed by atoms with Crippen LogP contribution in [0.2, 0.25) is 0 Å². The second-order valence-corrected chi connectivity index (χ2v) is 2.65. The third-order valence-corrected chi connectivity index (χ3v) is 1.53. The summed E-state index contributed by atoms with van der Waals surface area (Å²) in [6.45, 7) is 3.49. The molecule has 0 aliphatic heterocycles. The maximum absolute atomic E-state index is 10.6. The molecule has 1 aromatic rings. The molecule has 0 saturated carbocycles. The van der Waals surface area contributed by atoms with Gasteiger partial charge in [-0.3, -0.25) is 9.78 Å². The van der Waals surface area contributed by atoms with E-state index < -0.39 is 0 Å². The minimum Gasteiger partial charge on any atom is -0.295 e. The zero-order valence-corrected chi connectivity index (χ0v) is 7.24. The fraction of sp³-hybridized carbons (Fsp3) is 0.200. The quantitative estimate of drug-likeness (QED) is 0.621. The van der Waals surface area contributed by atoms with Crippen molar-refractivity contribution in [3.05, 3.63) is 35.7 Å². The summed E-state index contributed by atoms with van der Waals surface area (Å²) in [4.78, 5) is 14.7. The Morgan fingerprint density at radius 3 is 2.92 bits per heavy atom. The van der Waals surface area contributed by atoms with Crippen molar-refractivity contribution in [3.8, 4) is 0 Å². The van der Waals surface area contributed by atoms with Crippen LogP contribution in [0, 0.1) is 6.92 Å². The van der Waals surface area contributed by atoms with E-state index in [-0.39, 0.29) is 5.78 Å². The summed E-state index contributed by atoms with van der Waals surface area (Å²) in [5.74, 6) is 0.0417. The molecule has 1 rings (SSSR count). The molecule has 0 N–H and O–H groups in total. The Bertz CT molecular complexity index is 315. The van der Waals surface area contributed by atoms with Gasteiger partial charge in [-0.15, -0.1) is 0 Å². The first kappa shape index (κ1) is 8.65. The topological polar surface area (TPSA) is 30.0 Å². The maximum Gasteiger partial charge on any atom is 0.152 e. The number of rotatable bonds is 2. The standard InChI is InChI=1S/C10H11NO/c1-8-4-3-7-11-10(8)6-5-9(2)12/h3-7H,1-2H3/b6-5+. The fourth-order valence-electron chi connectivity index (χ4n) is 0.869. The number of hydrogen-bond acceptors (Lipinski definition) is 2. The average molecular weight is 161 g/mol. The molecule has 1 aromatic heterocycles. The molecule has 0 bridgehead atoms. The smallest absolute Gasteiger partial charge is 0.152 e. The van der Waals surface area contributed by atoms with E-state index in [1.165, 1.54) is 13.0 Å². The Balaban J connectivity index is 2.89. The highest BCUT2D eigenvalue weighted by molar-refractivity contribution is 5.91. The van der Waals surface area contributed by atoms with Crippen LogP contribution in [0.5, 0.6) is 0 Å². The van der Waals surface area contributed by atoms with Crippen molar-refractivity contribution in [1.82, 2.24) is 4.98 Å². The van der Waals surface area contributed by atoms with Gasteiger partial charge in [0.15, 0.2) is 5.78 Å². The molecule has 0 spiro atoms. The molecule has 0 aliphatic rings. The number of nitrogens with zero attached hydrogens (tertiary/aromatic N) is 1. The van der Waals surface area contributed by atoms with Crippen molar-refractivity contribution in [2.24, 2.45) is 0 Å². The normalized spacial score (nSPS) is 10.5. The van der Waals surface area contributed by atoms with Crippen molar-refractivity contribution in [2.45, 2.75) is 13.8 Å². The van der Waals surface area contributed by atoms with Crippen LogP contribution in [-0.4, -0.2) is 10.8 Å². The van der Waals surface area contributed by atoms with Gasteiger partial charge in [-0.05, 0) is 37.6 Å². The number of pyridine rings is 1. The van der Waals surface area contributed by atoms with E-state index in [0.29, 0.717) is 0 Å². The van der Waals surface area contributed by atoms with Crippen molar-refractivity contribution in [3.63, 3.8) is 0 Å².